The van der Waals surface area contributed by atoms with E-state index in [1.165, 1.54) is 6.20 Å². The van der Waals surface area contributed by atoms with Gasteiger partial charge >= 0.3 is 0 Å². The Morgan fingerprint density at radius 1 is 1.21 bits per heavy atom. The van der Waals surface area contributed by atoms with Crippen LogP contribution in [0.1, 0.15) is 38.8 Å². The Balaban J connectivity index is 1.75. The number of pyridine rings is 1. The largest absolute Gasteiger partial charge is 0.384 e. The van der Waals surface area contributed by atoms with E-state index in [9.17, 15) is 9.50 Å². The second kappa shape index (κ2) is 7.22. The van der Waals surface area contributed by atoms with E-state index in [1.807, 2.05) is 25.1 Å². The van der Waals surface area contributed by atoms with Crippen LogP contribution in [0.15, 0.2) is 36.7 Å². The third-order valence-electron chi connectivity index (χ3n) is 6.74. The number of likely N-dealkylation sites (tertiary alicyclic amines) is 1. The lowest BCUT2D eigenvalue weighted by molar-refractivity contribution is -0.118. The molecule has 1 saturated heterocycles. The maximum absolute atomic E-state index is 14.3. The second-order valence-corrected chi connectivity index (χ2v) is 8.92. The molecule has 1 fully saturated rings. The monoisotopic (exact) mass is 395 g/mol. The minimum atomic E-state index is -0.874. The van der Waals surface area contributed by atoms with E-state index in [4.69, 9.17) is 0 Å². The first-order valence-corrected chi connectivity index (χ1v) is 10.4. The van der Waals surface area contributed by atoms with Gasteiger partial charge in [-0.2, -0.15) is 0 Å². The highest BCUT2D eigenvalue weighted by atomic mass is 19.1. The Morgan fingerprint density at radius 2 is 1.90 bits per heavy atom. The van der Waals surface area contributed by atoms with Crippen LogP contribution in [0.5, 0.6) is 0 Å². The SMILES string of the molecule is Cc1cc(-c2ccnc3[nH]cc(F)c23)ccc1C1(O)[C@H](C)CN(C(C)C)C[C@@H]1C. The zero-order valence-electron chi connectivity index (χ0n) is 17.8. The molecule has 1 aliphatic heterocycles. The predicted molar refractivity (Wildman–Crippen MR) is 115 cm³/mol. The number of halogens is 1. The first-order valence-electron chi connectivity index (χ1n) is 10.4. The molecule has 0 bridgehead atoms. The summed E-state index contributed by atoms with van der Waals surface area (Å²) in [7, 11) is 0. The highest BCUT2D eigenvalue weighted by Crippen LogP contribution is 2.44. The summed E-state index contributed by atoms with van der Waals surface area (Å²) in [5.74, 6) is -0.0624. The van der Waals surface area contributed by atoms with Gasteiger partial charge in [-0.3, -0.25) is 0 Å². The molecule has 0 amide bonds. The molecule has 0 saturated carbocycles. The molecule has 2 aromatic heterocycles. The third-order valence-corrected chi connectivity index (χ3v) is 6.74. The van der Waals surface area contributed by atoms with E-state index in [0.717, 1.165) is 35.3 Å². The van der Waals surface area contributed by atoms with Crippen LogP contribution in [0.2, 0.25) is 0 Å². The number of aromatic amines is 1. The quantitative estimate of drug-likeness (QED) is 0.666. The van der Waals surface area contributed by atoms with E-state index in [-0.39, 0.29) is 17.7 Å². The van der Waals surface area contributed by atoms with Crippen molar-refractivity contribution in [2.24, 2.45) is 11.8 Å². The highest BCUT2D eigenvalue weighted by Gasteiger charge is 2.46. The number of nitrogens with zero attached hydrogens (tertiary/aromatic N) is 2. The van der Waals surface area contributed by atoms with E-state index in [1.54, 1.807) is 6.20 Å². The summed E-state index contributed by atoms with van der Waals surface area (Å²) in [6, 6.07) is 8.39. The molecule has 29 heavy (non-hydrogen) atoms. The lowest BCUT2D eigenvalue weighted by atomic mass is 9.69. The van der Waals surface area contributed by atoms with Crippen molar-refractivity contribution in [3.8, 4) is 11.1 Å². The molecule has 0 spiro atoms. The van der Waals surface area contributed by atoms with E-state index < -0.39 is 5.60 Å². The molecule has 0 aliphatic carbocycles. The summed E-state index contributed by atoms with van der Waals surface area (Å²) < 4.78 is 14.3. The first kappa shape index (κ1) is 20.0. The smallest absolute Gasteiger partial charge is 0.150 e. The topological polar surface area (TPSA) is 52.1 Å². The molecule has 154 valence electrons. The summed E-state index contributed by atoms with van der Waals surface area (Å²) in [5.41, 5.74) is 3.42. The normalized spacial score (nSPS) is 25.8. The van der Waals surface area contributed by atoms with Gasteiger partial charge in [0.2, 0.25) is 0 Å². The summed E-state index contributed by atoms with van der Waals surface area (Å²) in [6.45, 7) is 12.5. The van der Waals surface area contributed by atoms with Gasteiger partial charge in [-0.15, -0.1) is 0 Å². The number of H-pyrrole nitrogens is 1. The van der Waals surface area contributed by atoms with Crippen molar-refractivity contribution >= 4 is 11.0 Å². The van der Waals surface area contributed by atoms with Crippen LogP contribution in [0.25, 0.3) is 22.2 Å². The molecular formula is C24H30FN3O. The number of aryl methyl sites for hydroxylation is 1. The number of rotatable bonds is 3. The average Bonchev–Trinajstić information content (AvgIpc) is 3.06. The lowest BCUT2D eigenvalue weighted by Gasteiger charge is -2.49. The van der Waals surface area contributed by atoms with Crippen LogP contribution >= 0.6 is 0 Å². The minimum absolute atomic E-state index is 0.118. The summed E-state index contributed by atoms with van der Waals surface area (Å²) in [6.07, 6.45) is 3.03. The van der Waals surface area contributed by atoms with Gasteiger partial charge < -0.3 is 15.0 Å². The molecule has 5 heteroatoms. The number of benzene rings is 1. The number of piperidine rings is 1. The summed E-state index contributed by atoms with van der Waals surface area (Å²) in [4.78, 5) is 9.53. The third kappa shape index (κ3) is 3.17. The number of aliphatic hydroxyl groups is 1. The van der Waals surface area contributed by atoms with Gasteiger partial charge in [0.05, 0.1) is 11.0 Å². The molecule has 1 unspecified atom stereocenters. The van der Waals surface area contributed by atoms with Gasteiger partial charge in [0.25, 0.3) is 0 Å². The number of hydrogen-bond acceptors (Lipinski definition) is 3. The van der Waals surface area contributed by atoms with Gasteiger partial charge in [-0.1, -0.05) is 32.0 Å². The fraction of sp³-hybridized carbons (Fsp3) is 0.458. The standard InChI is InChI=1S/C24H30FN3O/c1-14(2)28-12-16(4)24(29,17(5)13-28)20-7-6-18(10-15(20)3)19-8-9-26-23-22(19)21(25)11-27-23/h6-11,14,16-17,29H,12-13H2,1-5H3,(H,26,27)/t16-,17+,24?. The fourth-order valence-electron chi connectivity index (χ4n) is 5.03. The molecule has 4 nitrogen and oxygen atoms in total. The molecule has 1 aliphatic rings. The second-order valence-electron chi connectivity index (χ2n) is 8.92. The van der Waals surface area contributed by atoms with Gasteiger partial charge in [-0.25, -0.2) is 9.37 Å². The Kier molecular flexibility index (Phi) is 4.99. The van der Waals surface area contributed by atoms with Crippen LogP contribution in [0.3, 0.4) is 0 Å². The molecular weight excluding hydrogens is 365 g/mol. The van der Waals surface area contributed by atoms with Crippen LogP contribution in [-0.4, -0.2) is 39.1 Å². The molecule has 4 rings (SSSR count). The van der Waals surface area contributed by atoms with E-state index in [0.29, 0.717) is 17.1 Å². The Labute approximate surface area is 171 Å². The number of aromatic nitrogens is 2. The molecule has 3 heterocycles. The predicted octanol–water partition coefficient (Wildman–Crippen LogP) is 4.86. The van der Waals surface area contributed by atoms with Crippen molar-refractivity contribution in [1.29, 1.82) is 0 Å². The zero-order chi connectivity index (χ0) is 20.9. The first-order chi connectivity index (χ1) is 13.7. The van der Waals surface area contributed by atoms with Crippen LogP contribution in [0.4, 0.5) is 4.39 Å². The number of hydrogen-bond donors (Lipinski definition) is 2. The lowest BCUT2D eigenvalue weighted by Crippen LogP contribution is -2.56. The van der Waals surface area contributed by atoms with Crippen LogP contribution < -0.4 is 0 Å². The number of nitrogens with one attached hydrogen (secondary N) is 1. The Bertz CT molecular complexity index is 1030. The van der Waals surface area contributed by atoms with Crippen LogP contribution in [0, 0.1) is 24.6 Å². The van der Waals surface area contributed by atoms with Crippen molar-refractivity contribution < 1.29 is 9.50 Å². The minimum Gasteiger partial charge on any atom is -0.384 e. The number of fused-ring (bicyclic) bond motifs is 1. The molecule has 0 radical (unpaired) electrons. The van der Waals surface area contributed by atoms with Gasteiger partial charge in [0.15, 0.2) is 5.82 Å². The molecule has 3 atom stereocenters. The van der Waals surface area contributed by atoms with Crippen molar-refractivity contribution in [2.45, 2.75) is 46.3 Å². The maximum atomic E-state index is 14.3. The summed E-state index contributed by atoms with van der Waals surface area (Å²) >= 11 is 0. The van der Waals surface area contributed by atoms with Gasteiger partial charge in [0, 0.05) is 43.4 Å². The van der Waals surface area contributed by atoms with Crippen molar-refractivity contribution in [3.05, 3.63) is 53.6 Å². The average molecular weight is 396 g/mol. The molecule has 1 aromatic carbocycles. The Hall–Kier alpha value is -2.24. The Morgan fingerprint density at radius 3 is 2.52 bits per heavy atom. The summed E-state index contributed by atoms with van der Waals surface area (Å²) in [5, 5.41) is 12.3. The fourth-order valence-corrected chi connectivity index (χ4v) is 5.03. The van der Waals surface area contributed by atoms with E-state index in [2.05, 4.69) is 48.6 Å². The maximum Gasteiger partial charge on any atom is 0.150 e. The highest BCUT2D eigenvalue weighted by molar-refractivity contribution is 5.93. The van der Waals surface area contributed by atoms with E-state index >= 15 is 0 Å². The molecule has 2 N–H and O–H groups in total. The van der Waals surface area contributed by atoms with Crippen LogP contribution in [-0.2, 0) is 5.60 Å². The van der Waals surface area contributed by atoms with Crippen molar-refractivity contribution in [1.82, 2.24) is 14.9 Å². The zero-order valence-corrected chi connectivity index (χ0v) is 17.8. The molecule has 3 aromatic rings. The van der Waals surface area contributed by atoms with Crippen molar-refractivity contribution in [2.75, 3.05) is 13.1 Å². The van der Waals surface area contributed by atoms with Gasteiger partial charge in [0.1, 0.15) is 5.65 Å². The van der Waals surface area contributed by atoms with Gasteiger partial charge in [-0.05, 0) is 49.1 Å². The van der Waals surface area contributed by atoms with Crippen molar-refractivity contribution in [3.63, 3.8) is 0 Å².